The average molecular weight is 151 g/mol. The van der Waals surface area contributed by atoms with Gasteiger partial charge >= 0.3 is 0 Å². The number of hydrogen-bond donors (Lipinski definition) is 1. The van der Waals surface area contributed by atoms with Gasteiger partial charge in [-0.15, -0.1) is 0 Å². The van der Waals surface area contributed by atoms with Crippen molar-refractivity contribution in [3.05, 3.63) is 35.4 Å². The van der Waals surface area contributed by atoms with Gasteiger partial charge in [0.05, 0.1) is 0 Å². The van der Waals surface area contributed by atoms with E-state index in [1.165, 1.54) is 11.1 Å². The van der Waals surface area contributed by atoms with Crippen LogP contribution in [0, 0.1) is 6.92 Å². The summed E-state index contributed by atoms with van der Waals surface area (Å²) in [6, 6.07) is 8.55. The van der Waals surface area contributed by atoms with Crippen molar-refractivity contribution in [1.29, 1.82) is 0 Å². The first kappa shape index (κ1) is 10.2. The summed E-state index contributed by atoms with van der Waals surface area (Å²) in [5, 5.41) is 3.10. The number of nitrogens with one attached hydrogen (secondary N) is 1. The first-order valence-corrected chi connectivity index (χ1v) is 3.53. The van der Waals surface area contributed by atoms with Gasteiger partial charge in [-0.3, -0.25) is 0 Å². The van der Waals surface area contributed by atoms with Crippen LogP contribution >= 0.6 is 0 Å². The molecule has 0 aliphatic rings. The summed E-state index contributed by atoms with van der Waals surface area (Å²) in [7, 11) is 1.96. The summed E-state index contributed by atoms with van der Waals surface area (Å²) in [4.78, 5) is 0. The standard InChI is InChI=1S/C9H13N.CH4/c1-8-3-5-9(6-4-8)7-10-2;/h3-6,10H,7H2,1-2H3;1H4. The third-order valence-electron chi connectivity index (χ3n) is 1.50. The van der Waals surface area contributed by atoms with Crippen LogP contribution in [0.2, 0.25) is 0 Å². The van der Waals surface area contributed by atoms with Crippen LogP contribution in [0.3, 0.4) is 0 Å². The van der Waals surface area contributed by atoms with Crippen LogP contribution < -0.4 is 5.32 Å². The van der Waals surface area contributed by atoms with Gasteiger partial charge in [0.1, 0.15) is 0 Å². The molecule has 0 aliphatic carbocycles. The van der Waals surface area contributed by atoms with Gasteiger partial charge in [-0.05, 0) is 19.5 Å². The van der Waals surface area contributed by atoms with Crippen LogP contribution in [-0.4, -0.2) is 7.05 Å². The number of aryl methyl sites for hydroxylation is 1. The summed E-state index contributed by atoms with van der Waals surface area (Å²) in [5.41, 5.74) is 2.66. The van der Waals surface area contributed by atoms with Crippen molar-refractivity contribution in [3.8, 4) is 0 Å². The van der Waals surface area contributed by atoms with Crippen molar-refractivity contribution >= 4 is 0 Å². The summed E-state index contributed by atoms with van der Waals surface area (Å²) in [6.45, 7) is 3.06. The van der Waals surface area contributed by atoms with E-state index in [0.717, 1.165) is 6.54 Å². The van der Waals surface area contributed by atoms with E-state index >= 15 is 0 Å². The molecule has 1 N–H and O–H groups in total. The van der Waals surface area contributed by atoms with E-state index in [2.05, 4.69) is 36.5 Å². The Labute approximate surface area is 69.4 Å². The van der Waals surface area contributed by atoms with Crippen molar-refractivity contribution in [3.63, 3.8) is 0 Å². The highest BCUT2D eigenvalue weighted by Crippen LogP contribution is 2.01. The molecule has 1 rings (SSSR count). The fourth-order valence-electron chi connectivity index (χ4n) is 0.910. The van der Waals surface area contributed by atoms with Gasteiger partial charge in [0.15, 0.2) is 0 Å². The molecule has 0 radical (unpaired) electrons. The fraction of sp³-hybridized carbons (Fsp3) is 0.400. The minimum atomic E-state index is 0. The highest BCUT2D eigenvalue weighted by atomic mass is 14.8. The van der Waals surface area contributed by atoms with Gasteiger partial charge in [-0.2, -0.15) is 0 Å². The molecule has 1 aromatic carbocycles. The topological polar surface area (TPSA) is 12.0 Å². The molecule has 0 fully saturated rings. The van der Waals surface area contributed by atoms with Crippen molar-refractivity contribution in [2.75, 3.05) is 7.05 Å². The van der Waals surface area contributed by atoms with Crippen LogP contribution in [0.25, 0.3) is 0 Å². The fourth-order valence-corrected chi connectivity index (χ4v) is 0.910. The second-order valence-corrected chi connectivity index (χ2v) is 2.52. The van der Waals surface area contributed by atoms with Crippen LogP contribution in [0.5, 0.6) is 0 Å². The third kappa shape index (κ3) is 3.19. The Kier molecular flexibility index (Phi) is 4.55. The lowest BCUT2D eigenvalue weighted by Crippen LogP contribution is -2.04. The minimum absolute atomic E-state index is 0. The zero-order chi connectivity index (χ0) is 7.40. The molecule has 62 valence electrons. The normalized spacial score (nSPS) is 8.91. The highest BCUT2D eigenvalue weighted by molar-refractivity contribution is 5.20. The Hall–Kier alpha value is -0.820. The molecule has 11 heavy (non-hydrogen) atoms. The molecule has 0 unspecified atom stereocenters. The average Bonchev–Trinajstić information content (AvgIpc) is 1.95. The maximum Gasteiger partial charge on any atom is 0.0202 e. The van der Waals surface area contributed by atoms with Gasteiger partial charge in [-0.1, -0.05) is 37.3 Å². The van der Waals surface area contributed by atoms with Crippen LogP contribution in [0.15, 0.2) is 24.3 Å². The predicted octanol–water partition coefficient (Wildman–Crippen LogP) is 2.35. The van der Waals surface area contributed by atoms with E-state index in [4.69, 9.17) is 0 Å². The SMILES string of the molecule is C.CNCc1ccc(C)cc1. The monoisotopic (exact) mass is 151 g/mol. The Morgan fingerprint density at radius 2 is 1.73 bits per heavy atom. The summed E-state index contributed by atoms with van der Waals surface area (Å²) < 4.78 is 0. The Morgan fingerprint density at radius 3 is 2.18 bits per heavy atom. The van der Waals surface area contributed by atoms with Crippen molar-refractivity contribution in [1.82, 2.24) is 5.32 Å². The van der Waals surface area contributed by atoms with E-state index in [-0.39, 0.29) is 7.43 Å². The smallest absolute Gasteiger partial charge is 0.0202 e. The predicted molar refractivity (Wildman–Crippen MR) is 50.7 cm³/mol. The number of benzene rings is 1. The summed E-state index contributed by atoms with van der Waals surface area (Å²) >= 11 is 0. The zero-order valence-corrected chi connectivity index (χ0v) is 6.52. The molecular weight excluding hydrogens is 134 g/mol. The Balaban J connectivity index is 0.000001000. The maximum atomic E-state index is 3.10. The Morgan fingerprint density at radius 1 is 1.18 bits per heavy atom. The molecule has 0 aliphatic heterocycles. The highest BCUT2D eigenvalue weighted by Gasteiger charge is 1.87. The van der Waals surface area contributed by atoms with E-state index in [0.29, 0.717) is 0 Å². The molecular formula is C10H17N. The Bertz CT molecular complexity index is 189. The zero-order valence-electron chi connectivity index (χ0n) is 6.52. The van der Waals surface area contributed by atoms with Gasteiger partial charge in [-0.25, -0.2) is 0 Å². The lowest BCUT2D eigenvalue weighted by atomic mass is 10.1. The lowest BCUT2D eigenvalue weighted by Gasteiger charge is -1.98. The first-order valence-electron chi connectivity index (χ1n) is 3.53. The van der Waals surface area contributed by atoms with Crippen LogP contribution in [0.1, 0.15) is 18.6 Å². The van der Waals surface area contributed by atoms with Crippen molar-refractivity contribution in [2.45, 2.75) is 20.9 Å². The summed E-state index contributed by atoms with van der Waals surface area (Å²) in [5.74, 6) is 0. The molecule has 0 saturated carbocycles. The molecule has 0 bridgehead atoms. The van der Waals surface area contributed by atoms with Gasteiger partial charge < -0.3 is 5.32 Å². The van der Waals surface area contributed by atoms with Gasteiger partial charge in [0, 0.05) is 6.54 Å². The lowest BCUT2D eigenvalue weighted by molar-refractivity contribution is 0.817. The van der Waals surface area contributed by atoms with E-state index < -0.39 is 0 Å². The number of rotatable bonds is 2. The molecule has 1 nitrogen and oxygen atoms in total. The van der Waals surface area contributed by atoms with E-state index in [9.17, 15) is 0 Å². The molecule has 0 saturated heterocycles. The van der Waals surface area contributed by atoms with Gasteiger partial charge in [0.2, 0.25) is 0 Å². The van der Waals surface area contributed by atoms with E-state index in [1.54, 1.807) is 0 Å². The largest absolute Gasteiger partial charge is 0.316 e. The first-order chi connectivity index (χ1) is 4.83. The van der Waals surface area contributed by atoms with Crippen LogP contribution in [0.4, 0.5) is 0 Å². The quantitative estimate of drug-likeness (QED) is 0.684. The molecule has 0 atom stereocenters. The maximum absolute atomic E-state index is 3.10. The number of hydrogen-bond acceptors (Lipinski definition) is 1. The van der Waals surface area contributed by atoms with Crippen molar-refractivity contribution < 1.29 is 0 Å². The van der Waals surface area contributed by atoms with Gasteiger partial charge in [0.25, 0.3) is 0 Å². The minimum Gasteiger partial charge on any atom is -0.316 e. The molecule has 0 heterocycles. The van der Waals surface area contributed by atoms with E-state index in [1.807, 2.05) is 7.05 Å². The second kappa shape index (κ2) is 4.91. The van der Waals surface area contributed by atoms with Crippen LogP contribution in [-0.2, 0) is 6.54 Å². The second-order valence-electron chi connectivity index (χ2n) is 2.52. The third-order valence-corrected chi connectivity index (χ3v) is 1.50. The molecule has 0 amide bonds. The molecule has 1 aromatic rings. The summed E-state index contributed by atoms with van der Waals surface area (Å²) in [6.07, 6.45) is 0. The molecule has 0 aromatic heterocycles. The van der Waals surface area contributed by atoms with Crippen molar-refractivity contribution in [2.24, 2.45) is 0 Å². The molecule has 1 heteroatoms. The molecule has 0 spiro atoms.